The van der Waals surface area contributed by atoms with Crippen LogP contribution in [0, 0.1) is 0 Å². The molecule has 0 atom stereocenters. The van der Waals surface area contributed by atoms with Crippen LogP contribution in [-0.2, 0) is 17.6 Å². The number of primary amides is 1. The summed E-state index contributed by atoms with van der Waals surface area (Å²) < 4.78 is 6.57. The van der Waals surface area contributed by atoms with Crippen molar-refractivity contribution in [1.82, 2.24) is 10.2 Å². The predicted molar refractivity (Wildman–Crippen MR) is 116 cm³/mol. The number of fused-ring (bicyclic) bond motifs is 1. The number of nitrogens with one attached hydrogen (secondary N) is 1. The SMILES string of the molecule is NC(=O)c1c(NC(=O)CSc2nnc(-c3ccc(Br)cc3)o2)sc2c1CCCC2. The molecule has 0 aliphatic heterocycles. The molecule has 0 spiro atoms. The summed E-state index contributed by atoms with van der Waals surface area (Å²) in [5.41, 5.74) is 7.81. The first-order valence-electron chi connectivity index (χ1n) is 8.97. The van der Waals surface area contributed by atoms with Gasteiger partial charge in [0.15, 0.2) is 0 Å². The van der Waals surface area contributed by atoms with Crippen molar-refractivity contribution in [2.45, 2.75) is 30.9 Å². The fourth-order valence-corrected chi connectivity index (χ4v) is 5.32. The Morgan fingerprint density at radius 2 is 1.97 bits per heavy atom. The third kappa shape index (κ3) is 4.54. The molecule has 2 aromatic heterocycles. The number of hydrogen-bond donors (Lipinski definition) is 2. The van der Waals surface area contributed by atoms with Crippen LogP contribution in [0.25, 0.3) is 11.5 Å². The minimum Gasteiger partial charge on any atom is -0.411 e. The van der Waals surface area contributed by atoms with Gasteiger partial charge in [-0.3, -0.25) is 9.59 Å². The second-order valence-electron chi connectivity index (χ2n) is 6.50. The number of carbonyl (C=O) groups is 2. The number of rotatable bonds is 6. The largest absolute Gasteiger partial charge is 0.411 e. The molecule has 3 N–H and O–H groups in total. The lowest BCUT2D eigenvalue weighted by Gasteiger charge is -2.11. The number of benzene rings is 1. The summed E-state index contributed by atoms with van der Waals surface area (Å²) >= 11 is 5.97. The van der Waals surface area contributed by atoms with E-state index in [0.29, 0.717) is 21.7 Å². The van der Waals surface area contributed by atoms with E-state index in [1.54, 1.807) is 0 Å². The second kappa shape index (κ2) is 8.68. The van der Waals surface area contributed by atoms with Crippen LogP contribution >= 0.6 is 39.0 Å². The number of thioether (sulfide) groups is 1. The van der Waals surface area contributed by atoms with E-state index in [1.807, 2.05) is 24.3 Å². The molecule has 10 heteroatoms. The first-order valence-corrected chi connectivity index (χ1v) is 11.6. The minimum absolute atomic E-state index is 0.0861. The van der Waals surface area contributed by atoms with Gasteiger partial charge in [-0.25, -0.2) is 0 Å². The van der Waals surface area contributed by atoms with E-state index < -0.39 is 5.91 Å². The molecule has 0 saturated carbocycles. The highest BCUT2D eigenvalue weighted by molar-refractivity contribution is 9.10. The van der Waals surface area contributed by atoms with Gasteiger partial charge in [-0.15, -0.1) is 21.5 Å². The van der Waals surface area contributed by atoms with Gasteiger partial charge in [0.05, 0.1) is 11.3 Å². The summed E-state index contributed by atoms with van der Waals surface area (Å²) in [4.78, 5) is 25.5. The van der Waals surface area contributed by atoms with Crippen molar-refractivity contribution >= 4 is 55.8 Å². The lowest BCUT2D eigenvalue weighted by atomic mass is 9.95. The Labute approximate surface area is 183 Å². The number of amides is 2. The fourth-order valence-electron chi connectivity index (χ4n) is 3.18. The molecule has 4 rings (SSSR count). The summed E-state index contributed by atoms with van der Waals surface area (Å²) in [6.45, 7) is 0. The number of carbonyl (C=O) groups excluding carboxylic acids is 2. The van der Waals surface area contributed by atoms with Crippen LogP contribution < -0.4 is 11.1 Å². The normalized spacial score (nSPS) is 13.1. The molecule has 150 valence electrons. The molecule has 0 saturated heterocycles. The van der Waals surface area contributed by atoms with Crippen molar-refractivity contribution in [3.05, 3.63) is 44.7 Å². The number of thiophene rings is 1. The number of halogens is 1. The minimum atomic E-state index is -0.497. The molecule has 29 heavy (non-hydrogen) atoms. The van der Waals surface area contributed by atoms with Crippen LogP contribution in [0.1, 0.15) is 33.6 Å². The molecular weight excluding hydrogens is 476 g/mol. The topological polar surface area (TPSA) is 111 Å². The average Bonchev–Trinajstić information content (AvgIpc) is 3.31. The van der Waals surface area contributed by atoms with Crippen molar-refractivity contribution in [3.8, 4) is 11.5 Å². The van der Waals surface area contributed by atoms with Crippen LogP contribution in [0.2, 0.25) is 0 Å². The Balaban J connectivity index is 1.40. The highest BCUT2D eigenvalue weighted by atomic mass is 79.9. The van der Waals surface area contributed by atoms with Crippen LogP contribution in [0.4, 0.5) is 5.00 Å². The van der Waals surface area contributed by atoms with Crippen molar-refractivity contribution in [1.29, 1.82) is 0 Å². The zero-order valence-electron chi connectivity index (χ0n) is 15.2. The molecule has 0 bridgehead atoms. The van der Waals surface area contributed by atoms with Gasteiger partial charge in [0.25, 0.3) is 11.1 Å². The van der Waals surface area contributed by atoms with E-state index in [-0.39, 0.29) is 11.7 Å². The highest BCUT2D eigenvalue weighted by Crippen LogP contribution is 2.38. The van der Waals surface area contributed by atoms with Crippen LogP contribution in [0.15, 0.2) is 38.4 Å². The third-order valence-corrected chi connectivity index (χ3v) is 7.05. The summed E-state index contributed by atoms with van der Waals surface area (Å²) in [6, 6.07) is 7.50. The quantitative estimate of drug-likeness (QED) is 0.497. The molecule has 0 radical (unpaired) electrons. The molecule has 1 aliphatic rings. The molecule has 7 nitrogen and oxygen atoms in total. The van der Waals surface area contributed by atoms with E-state index in [2.05, 4.69) is 31.4 Å². The van der Waals surface area contributed by atoms with E-state index >= 15 is 0 Å². The van der Waals surface area contributed by atoms with E-state index in [1.165, 1.54) is 11.3 Å². The Morgan fingerprint density at radius 1 is 1.21 bits per heavy atom. The molecule has 3 aromatic rings. The van der Waals surface area contributed by atoms with Gasteiger partial charge in [0.2, 0.25) is 11.8 Å². The number of anilines is 1. The molecule has 1 aliphatic carbocycles. The Bertz CT molecular complexity index is 1060. The molecule has 2 amide bonds. The van der Waals surface area contributed by atoms with E-state index in [0.717, 1.165) is 57.9 Å². The summed E-state index contributed by atoms with van der Waals surface area (Å²) in [6.07, 6.45) is 3.87. The lowest BCUT2D eigenvalue weighted by Crippen LogP contribution is -2.19. The van der Waals surface area contributed by atoms with E-state index in [4.69, 9.17) is 10.2 Å². The molecule has 0 unspecified atom stereocenters. The number of nitrogens with zero attached hydrogens (tertiary/aromatic N) is 2. The molecule has 2 heterocycles. The zero-order chi connectivity index (χ0) is 20.4. The van der Waals surface area contributed by atoms with Crippen LogP contribution in [-0.4, -0.2) is 27.8 Å². The summed E-state index contributed by atoms with van der Waals surface area (Å²) in [5, 5.41) is 11.7. The highest BCUT2D eigenvalue weighted by Gasteiger charge is 2.25. The fraction of sp³-hybridized carbons (Fsp3) is 0.263. The van der Waals surface area contributed by atoms with Crippen molar-refractivity contribution in [2.24, 2.45) is 5.73 Å². The second-order valence-corrected chi connectivity index (χ2v) is 9.44. The lowest BCUT2D eigenvalue weighted by molar-refractivity contribution is -0.113. The number of nitrogens with two attached hydrogens (primary N) is 1. The smallest absolute Gasteiger partial charge is 0.277 e. The zero-order valence-corrected chi connectivity index (χ0v) is 18.5. The summed E-state index contributed by atoms with van der Waals surface area (Å²) in [7, 11) is 0. The van der Waals surface area contributed by atoms with Gasteiger partial charge in [0, 0.05) is 14.9 Å². The first kappa shape index (κ1) is 20.1. The third-order valence-electron chi connectivity index (χ3n) is 4.50. The first-order chi connectivity index (χ1) is 14.0. The Kier molecular flexibility index (Phi) is 6.02. The number of hydrogen-bond acceptors (Lipinski definition) is 7. The standard InChI is InChI=1S/C19H17BrN4O3S2/c20-11-7-5-10(6-8-11)17-23-24-19(27-17)28-9-14(25)22-18-15(16(21)26)12-3-1-2-4-13(12)29-18/h5-8H,1-4,9H2,(H2,21,26)(H,22,25). The number of aryl methyl sites for hydroxylation is 1. The molecule has 0 fully saturated rings. The van der Waals surface area contributed by atoms with E-state index in [9.17, 15) is 9.59 Å². The average molecular weight is 493 g/mol. The van der Waals surface area contributed by atoms with Gasteiger partial charge < -0.3 is 15.5 Å². The van der Waals surface area contributed by atoms with Gasteiger partial charge in [-0.1, -0.05) is 27.7 Å². The van der Waals surface area contributed by atoms with Crippen molar-refractivity contribution < 1.29 is 14.0 Å². The van der Waals surface area contributed by atoms with Crippen LogP contribution in [0.3, 0.4) is 0 Å². The van der Waals surface area contributed by atoms with Crippen molar-refractivity contribution in [3.63, 3.8) is 0 Å². The van der Waals surface area contributed by atoms with Gasteiger partial charge in [-0.2, -0.15) is 0 Å². The maximum Gasteiger partial charge on any atom is 0.277 e. The maximum absolute atomic E-state index is 12.4. The van der Waals surface area contributed by atoms with Crippen molar-refractivity contribution in [2.75, 3.05) is 11.1 Å². The number of aromatic nitrogens is 2. The van der Waals surface area contributed by atoms with Gasteiger partial charge in [-0.05, 0) is 55.5 Å². The predicted octanol–water partition coefficient (Wildman–Crippen LogP) is 4.27. The Morgan fingerprint density at radius 3 is 2.72 bits per heavy atom. The Hall–Kier alpha value is -2.17. The van der Waals surface area contributed by atoms with Gasteiger partial charge >= 0.3 is 0 Å². The monoisotopic (exact) mass is 492 g/mol. The van der Waals surface area contributed by atoms with Gasteiger partial charge in [0.1, 0.15) is 5.00 Å². The van der Waals surface area contributed by atoms with Crippen LogP contribution in [0.5, 0.6) is 0 Å². The maximum atomic E-state index is 12.4. The molecular formula is C19H17BrN4O3S2. The summed E-state index contributed by atoms with van der Waals surface area (Å²) in [5.74, 6) is -0.270. The molecule has 1 aromatic carbocycles.